The van der Waals surface area contributed by atoms with Crippen LogP contribution in [0.1, 0.15) is 35.5 Å². The van der Waals surface area contributed by atoms with Gasteiger partial charge in [0.05, 0.1) is 18.4 Å². The lowest BCUT2D eigenvalue weighted by Gasteiger charge is -2.19. The molecule has 1 aromatic heterocycles. The Labute approximate surface area is 152 Å². The SMILES string of the molecule is COc1ccc2c(c1)C(=O)/C(=C/c1c(C)nn(CC(C)C)c1Cl)CO2. The number of aryl methyl sites for hydroxylation is 1. The highest BCUT2D eigenvalue weighted by atomic mass is 35.5. The predicted octanol–water partition coefficient (Wildman–Crippen LogP) is 4.17. The van der Waals surface area contributed by atoms with E-state index in [2.05, 4.69) is 18.9 Å². The van der Waals surface area contributed by atoms with Crippen molar-refractivity contribution >= 4 is 23.5 Å². The molecule has 0 saturated carbocycles. The minimum absolute atomic E-state index is 0.0766. The molecule has 0 N–H and O–H groups in total. The molecular formula is C19H21ClN2O3. The number of carbonyl (C=O) groups excluding carboxylic acids is 1. The van der Waals surface area contributed by atoms with Gasteiger partial charge in [-0.25, -0.2) is 0 Å². The standard InChI is InChI=1S/C19H21ClN2O3/c1-11(2)9-22-19(20)15(12(3)21-22)7-13-10-25-17-6-5-14(24-4)8-16(17)18(13)23/h5-8,11H,9-10H2,1-4H3/b13-7+. The normalized spacial score (nSPS) is 15.4. The Morgan fingerprint density at radius 1 is 1.44 bits per heavy atom. The van der Waals surface area contributed by atoms with Gasteiger partial charge in [-0.2, -0.15) is 5.10 Å². The second-order valence-electron chi connectivity index (χ2n) is 6.52. The summed E-state index contributed by atoms with van der Waals surface area (Å²) in [4.78, 5) is 12.8. The van der Waals surface area contributed by atoms with Crippen LogP contribution in [-0.2, 0) is 6.54 Å². The summed E-state index contributed by atoms with van der Waals surface area (Å²) < 4.78 is 12.7. The number of hydrogen-bond acceptors (Lipinski definition) is 4. The van der Waals surface area contributed by atoms with Crippen molar-refractivity contribution in [2.24, 2.45) is 5.92 Å². The Balaban J connectivity index is 1.97. The molecule has 6 heteroatoms. The molecule has 0 aliphatic carbocycles. The zero-order chi connectivity index (χ0) is 18.1. The second-order valence-corrected chi connectivity index (χ2v) is 6.87. The Hall–Kier alpha value is -2.27. The number of Topliss-reactive ketones (excluding diaryl/α,β-unsaturated/α-hetero) is 1. The van der Waals surface area contributed by atoms with E-state index >= 15 is 0 Å². The van der Waals surface area contributed by atoms with Gasteiger partial charge in [0, 0.05) is 17.7 Å². The number of ketones is 1. The first-order valence-corrected chi connectivity index (χ1v) is 8.57. The van der Waals surface area contributed by atoms with Crippen LogP contribution < -0.4 is 9.47 Å². The van der Waals surface area contributed by atoms with E-state index in [0.29, 0.717) is 33.7 Å². The average molecular weight is 361 g/mol. The second kappa shape index (κ2) is 6.92. The number of aromatic nitrogens is 2. The molecule has 5 nitrogen and oxygen atoms in total. The van der Waals surface area contributed by atoms with Crippen LogP contribution in [0.4, 0.5) is 0 Å². The third-order valence-corrected chi connectivity index (χ3v) is 4.47. The van der Waals surface area contributed by atoms with E-state index < -0.39 is 0 Å². The van der Waals surface area contributed by atoms with Crippen molar-refractivity contribution in [1.82, 2.24) is 9.78 Å². The minimum Gasteiger partial charge on any atom is -0.497 e. The number of methoxy groups -OCH3 is 1. The third kappa shape index (κ3) is 3.42. The highest BCUT2D eigenvalue weighted by molar-refractivity contribution is 6.31. The first kappa shape index (κ1) is 17.5. The van der Waals surface area contributed by atoms with Crippen molar-refractivity contribution in [3.8, 4) is 11.5 Å². The maximum Gasteiger partial charge on any atom is 0.196 e. The number of halogens is 1. The molecule has 2 aromatic rings. The topological polar surface area (TPSA) is 53.3 Å². The van der Waals surface area contributed by atoms with Crippen LogP contribution in [0.5, 0.6) is 11.5 Å². The Morgan fingerprint density at radius 3 is 2.88 bits per heavy atom. The van der Waals surface area contributed by atoms with Crippen LogP contribution in [0, 0.1) is 12.8 Å². The summed E-state index contributed by atoms with van der Waals surface area (Å²) in [5.74, 6) is 1.54. The molecule has 1 aliphatic heterocycles. The predicted molar refractivity (Wildman–Crippen MR) is 97.6 cm³/mol. The molecule has 0 radical (unpaired) electrons. The molecular weight excluding hydrogens is 340 g/mol. The zero-order valence-corrected chi connectivity index (χ0v) is 15.6. The lowest BCUT2D eigenvalue weighted by molar-refractivity contribution is 0.100. The van der Waals surface area contributed by atoms with Gasteiger partial charge in [-0.15, -0.1) is 0 Å². The van der Waals surface area contributed by atoms with Gasteiger partial charge in [-0.05, 0) is 37.1 Å². The van der Waals surface area contributed by atoms with Crippen molar-refractivity contribution in [3.05, 3.63) is 45.7 Å². The fourth-order valence-corrected chi connectivity index (χ4v) is 3.11. The molecule has 0 bridgehead atoms. The molecule has 25 heavy (non-hydrogen) atoms. The highest BCUT2D eigenvalue weighted by Crippen LogP contribution is 2.32. The number of carbonyl (C=O) groups is 1. The van der Waals surface area contributed by atoms with Crippen molar-refractivity contribution in [2.75, 3.05) is 13.7 Å². The summed E-state index contributed by atoms with van der Waals surface area (Å²) in [5.41, 5.74) is 2.61. The summed E-state index contributed by atoms with van der Waals surface area (Å²) in [7, 11) is 1.57. The Bertz CT molecular complexity index is 853. The van der Waals surface area contributed by atoms with Crippen LogP contribution >= 0.6 is 11.6 Å². The van der Waals surface area contributed by atoms with Crippen LogP contribution in [0.2, 0.25) is 5.15 Å². The number of rotatable bonds is 4. The van der Waals surface area contributed by atoms with Crippen molar-refractivity contribution < 1.29 is 14.3 Å². The largest absolute Gasteiger partial charge is 0.497 e. The van der Waals surface area contributed by atoms with E-state index in [-0.39, 0.29) is 12.4 Å². The summed E-state index contributed by atoms with van der Waals surface area (Å²) in [6.45, 7) is 7.04. The molecule has 0 unspecified atom stereocenters. The van der Waals surface area contributed by atoms with Gasteiger partial charge >= 0.3 is 0 Å². The van der Waals surface area contributed by atoms with E-state index in [1.54, 1.807) is 36.1 Å². The van der Waals surface area contributed by atoms with Crippen LogP contribution in [0.25, 0.3) is 6.08 Å². The molecule has 0 spiro atoms. The smallest absolute Gasteiger partial charge is 0.196 e. The van der Waals surface area contributed by atoms with E-state index in [1.165, 1.54) is 0 Å². The Kier molecular flexibility index (Phi) is 4.86. The molecule has 132 valence electrons. The van der Waals surface area contributed by atoms with E-state index in [9.17, 15) is 4.79 Å². The number of ether oxygens (including phenoxy) is 2. The maximum absolute atomic E-state index is 12.8. The first-order valence-electron chi connectivity index (χ1n) is 8.19. The van der Waals surface area contributed by atoms with Crippen molar-refractivity contribution in [1.29, 1.82) is 0 Å². The summed E-state index contributed by atoms with van der Waals surface area (Å²) >= 11 is 6.47. The van der Waals surface area contributed by atoms with Gasteiger partial charge < -0.3 is 9.47 Å². The van der Waals surface area contributed by atoms with Crippen LogP contribution in [-0.4, -0.2) is 29.3 Å². The van der Waals surface area contributed by atoms with Crippen molar-refractivity contribution in [3.63, 3.8) is 0 Å². The van der Waals surface area contributed by atoms with Crippen molar-refractivity contribution in [2.45, 2.75) is 27.3 Å². The van der Waals surface area contributed by atoms with Crippen LogP contribution in [0.3, 0.4) is 0 Å². The lowest BCUT2D eigenvalue weighted by atomic mass is 9.98. The quantitative estimate of drug-likeness (QED) is 0.768. The summed E-state index contributed by atoms with van der Waals surface area (Å²) in [5, 5.41) is 5.02. The molecule has 0 fully saturated rings. The van der Waals surface area contributed by atoms with E-state index in [0.717, 1.165) is 17.8 Å². The highest BCUT2D eigenvalue weighted by Gasteiger charge is 2.25. The molecule has 1 aliphatic rings. The Morgan fingerprint density at radius 2 is 2.20 bits per heavy atom. The van der Waals surface area contributed by atoms with E-state index in [1.807, 2.05) is 6.92 Å². The number of benzene rings is 1. The monoisotopic (exact) mass is 360 g/mol. The molecule has 3 rings (SSSR count). The molecule has 0 amide bonds. The van der Waals surface area contributed by atoms with Gasteiger partial charge in [0.25, 0.3) is 0 Å². The molecule has 0 saturated heterocycles. The van der Waals surface area contributed by atoms with Gasteiger partial charge in [-0.1, -0.05) is 25.4 Å². The first-order chi connectivity index (χ1) is 11.9. The summed E-state index contributed by atoms with van der Waals surface area (Å²) in [6, 6.07) is 5.22. The number of hydrogen-bond donors (Lipinski definition) is 0. The van der Waals surface area contributed by atoms with Gasteiger partial charge in [0.15, 0.2) is 5.78 Å². The van der Waals surface area contributed by atoms with E-state index in [4.69, 9.17) is 21.1 Å². The number of nitrogens with zero attached hydrogens (tertiary/aromatic N) is 2. The zero-order valence-electron chi connectivity index (χ0n) is 14.8. The fraction of sp³-hybridized carbons (Fsp3) is 0.368. The minimum atomic E-state index is -0.0766. The molecule has 1 aromatic carbocycles. The fourth-order valence-electron chi connectivity index (χ4n) is 2.81. The number of fused-ring (bicyclic) bond motifs is 1. The average Bonchev–Trinajstić information content (AvgIpc) is 2.83. The van der Waals surface area contributed by atoms with Gasteiger partial charge in [-0.3, -0.25) is 9.48 Å². The summed E-state index contributed by atoms with van der Waals surface area (Å²) in [6.07, 6.45) is 1.78. The van der Waals surface area contributed by atoms with Gasteiger partial charge in [0.1, 0.15) is 23.3 Å². The molecule has 2 heterocycles. The third-order valence-electron chi connectivity index (χ3n) is 4.07. The lowest BCUT2D eigenvalue weighted by Crippen LogP contribution is -2.19. The maximum atomic E-state index is 12.8. The van der Waals surface area contributed by atoms with Gasteiger partial charge in [0.2, 0.25) is 0 Å². The van der Waals surface area contributed by atoms with Crippen LogP contribution in [0.15, 0.2) is 23.8 Å². The molecule has 0 atom stereocenters.